The molecule has 0 amide bonds. The maximum atomic E-state index is 4.13. The van der Waals surface area contributed by atoms with Gasteiger partial charge < -0.3 is 0 Å². The molecule has 0 aliphatic heterocycles. The van der Waals surface area contributed by atoms with E-state index in [9.17, 15) is 0 Å². The molecular formula is C19H15. The van der Waals surface area contributed by atoms with Crippen LogP contribution in [0, 0.1) is 6.92 Å². The fourth-order valence-corrected chi connectivity index (χ4v) is 2.27. The molecule has 0 unspecified atom stereocenters. The Hall–Kier alpha value is -2.34. The van der Waals surface area contributed by atoms with Gasteiger partial charge in [-0.3, -0.25) is 0 Å². The number of benzene rings is 3. The minimum atomic E-state index is 1.06. The van der Waals surface area contributed by atoms with Gasteiger partial charge in [0.25, 0.3) is 0 Å². The molecule has 19 heavy (non-hydrogen) atoms. The molecule has 0 bridgehead atoms. The van der Waals surface area contributed by atoms with Gasteiger partial charge in [-0.25, -0.2) is 0 Å². The van der Waals surface area contributed by atoms with Crippen LogP contribution >= 0.6 is 0 Å². The molecule has 0 heterocycles. The lowest BCUT2D eigenvalue weighted by Crippen LogP contribution is -1.85. The van der Waals surface area contributed by atoms with Crippen LogP contribution in [0.1, 0.15) is 5.56 Å². The predicted octanol–water partition coefficient (Wildman–Crippen LogP) is 5.20. The Morgan fingerprint density at radius 1 is 0.526 bits per heavy atom. The third kappa shape index (κ3) is 2.43. The van der Waals surface area contributed by atoms with Gasteiger partial charge in [0.2, 0.25) is 0 Å². The normalized spacial score (nSPS) is 10.4. The van der Waals surface area contributed by atoms with Crippen LogP contribution in [0.3, 0.4) is 0 Å². The highest BCUT2D eigenvalue weighted by Crippen LogP contribution is 2.28. The maximum Gasteiger partial charge on any atom is -0.0146 e. The maximum absolute atomic E-state index is 4.13. The van der Waals surface area contributed by atoms with Crippen LogP contribution in [-0.2, 0) is 0 Å². The Balaban J connectivity index is 2.12. The third-order valence-corrected chi connectivity index (χ3v) is 3.30. The topological polar surface area (TPSA) is 0 Å². The zero-order valence-electron chi connectivity index (χ0n) is 10.7. The van der Waals surface area contributed by atoms with E-state index in [1.807, 2.05) is 12.1 Å². The van der Waals surface area contributed by atoms with Crippen molar-refractivity contribution >= 4 is 0 Å². The van der Waals surface area contributed by atoms with Crippen molar-refractivity contribution in [3.63, 3.8) is 0 Å². The summed E-state index contributed by atoms with van der Waals surface area (Å²) in [6, 6.07) is 27.3. The number of rotatable bonds is 2. The summed E-state index contributed by atoms with van der Waals surface area (Å²) in [4.78, 5) is 0. The summed E-state index contributed by atoms with van der Waals surface area (Å²) in [5.41, 5.74) is 5.93. The van der Waals surface area contributed by atoms with Crippen LogP contribution < -0.4 is 0 Å². The standard InChI is InChI=1S/C19H15/c1-15-12-13-18(16-8-4-2-5-9-16)14-19(15)17-10-6-3-7-11-17/h2-14H,1H2. The van der Waals surface area contributed by atoms with Gasteiger partial charge >= 0.3 is 0 Å². The van der Waals surface area contributed by atoms with Gasteiger partial charge in [-0.15, -0.1) is 0 Å². The Labute approximate surface area is 114 Å². The van der Waals surface area contributed by atoms with E-state index in [4.69, 9.17) is 0 Å². The van der Waals surface area contributed by atoms with Crippen molar-refractivity contribution in [1.82, 2.24) is 0 Å². The van der Waals surface area contributed by atoms with Crippen molar-refractivity contribution in [1.29, 1.82) is 0 Å². The van der Waals surface area contributed by atoms with E-state index in [-0.39, 0.29) is 0 Å². The van der Waals surface area contributed by atoms with Gasteiger partial charge in [0.1, 0.15) is 0 Å². The van der Waals surface area contributed by atoms with Gasteiger partial charge in [0.15, 0.2) is 0 Å². The Morgan fingerprint density at radius 3 is 1.74 bits per heavy atom. The average Bonchev–Trinajstić information content (AvgIpc) is 2.49. The SMILES string of the molecule is [CH2]c1ccc(-c2ccccc2)cc1-c1ccccc1. The van der Waals surface area contributed by atoms with Gasteiger partial charge in [-0.2, -0.15) is 0 Å². The minimum Gasteiger partial charge on any atom is -0.0622 e. The molecule has 0 aliphatic carbocycles. The number of hydrogen-bond acceptors (Lipinski definition) is 0. The molecule has 0 N–H and O–H groups in total. The fourth-order valence-electron chi connectivity index (χ4n) is 2.27. The van der Waals surface area contributed by atoms with Crippen molar-refractivity contribution < 1.29 is 0 Å². The first-order valence-corrected chi connectivity index (χ1v) is 6.41. The molecule has 0 heteroatoms. The first-order valence-electron chi connectivity index (χ1n) is 6.41. The smallest absolute Gasteiger partial charge is 0.0146 e. The summed E-state index contributed by atoms with van der Waals surface area (Å²) < 4.78 is 0. The van der Waals surface area contributed by atoms with E-state index < -0.39 is 0 Å². The number of hydrogen-bond donors (Lipinski definition) is 0. The summed E-state index contributed by atoms with van der Waals surface area (Å²) in [7, 11) is 0. The minimum absolute atomic E-state index is 1.06. The molecule has 0 saturated heterocycles. The molecule has 0 fully saturated rings. The monoisotopic (exact) mass is 243 g/mol. The molecule has 0 saturated carbocycles. The lowest BCUT2D eigenvalue weighted by molar-refractivity contribution is 1.54. The molecule has 0 atom stereocenters. The van der Waals surface area contributed by atoms with E-state index >= 15 is 0 Å². The summed E-state index contributed by atoms with van der Waals surface area (Å²) in [6.45, 7) is 4.13. The van der Waals surface area contributed by atoms with Crippen LogP contribution in [-0.4, -0.2) is 0 Å². The Kier molecular flexibility index (Phi) is 3.16. The molecule has 0 aliphatic rings. The second-order valence-corrected chi connectivity index (χ2v) is 4.60. The van der Waals surface area contributed by atoms with Gasteiger partial charge in [-0.05, 0) is 40.8 Å². The molecule has 3 aromatic rings. The Morgan fingerprint density at radius 2 is 1.11 bits per heavy atom. The van der Waals surface area contributed by atoms with E-state index in [0.717, 1.165) is 5.56 Å². The van der Waals surface area contributed by atoms with Crippen molar-refractivity contribution in [2.45, 2.75) is 0 Å². The molecule has 3 aromatic carbocycles. The fraction of sp³-hybridized carbons (Fsp3) is 0. The zero-order valence-corrected chi connectivity index (χ0v) is 10.7. The van der Waals surface area contributed by atoms with Crippen molar-refractivity contribution in [2.75, 3.05) is 0 Å². The summed E-state index contributed by atoms with van der Waals surface area (Å²) in [6.07, 6.45) is 0. The van der Waals surface area contributed by atoms with Crippen molar-refractivity contribution in [3.05, 3.63) is 91.3 Å². The van der Waals surface area contributed by atoms with Gasteiger partial charge in [-0.1, -0.05) is 72.8 Å². The molecule has 91 valence electrons. The zero-order chi connectivity index (χ0) is 13.1. The first kappa shape index (κ1) is 11.7. The van der Waals surface area contributed by atoms with Crippen LogP contribution in [0.2, 0.25) is 0 Å². The van der Waals surface area contributed by atoms with Gasteiger partial charge in [0.05, 0.1) is 0 Å². The highest BCUT2D eigenvalue weighted by molar-refractivity contribution is 5.76. The molecule has 0 nitrogen and oxygen atoms in total. The summed E-state index contributed by atoms with van der Waals surface area (Å²) >= 11 is 0. The van der Waals surface area contributed by atoms with Crippen LogP contribution in [0.15, 0.2) is 78.9 Å². The highest BCUT2D eigenvalue weighted by atomic mass is 14.1. The second-order valence-electron chi connectivity index (χ2n) is 4.60. The van der Waals surface area contributed by atoms with Gasteiger partial charge in [0, 0.05) is 0 Å². The van der Waals surface area contributed by atoms with E-state index in [1.54, 1.807) is 0 Å². The molecular weight excluding hydrogens is 228 g/mol. The lowest BCUT2D eigenvalue weighted by atomic mass is 9.95. The van der Waals surface area contributed by atoms with Crippen molar-refractivity contribution in [2.24, 2.45) is 0 Å². The quantitative estimate of drug-likeness (QED) is 0.580. The summed E-state index contributed by atoms with van der Waals surface area (Å²) in [5, 5.41) is 0. The second kappa shape index (κ2) is 5.11. The molecule has 0 aromatic heterocycles. The highest BCUT2D eigenvalue weighted by Gasteiger charge is 2.04. The summed E-state index contributed by atoms with van der Waals surface area (Å²) in [5.74, 6) is 0. The Bertz CT molecular complexity index is 667. The molecule has 1 radical (unpaired) electrons. The van der Waals surface area contributed by atoms with E-state index in [1.165, 1.54) is 22.3 Å². The third-order valence-electron chi connectivity index (χ3n) is 3.30. The average molecular weight is 243 g/mol. The first-order chi connectivity index (χ1) is 9.34. The van der Waals surface area contributed by atoms with Crippen molar-refractivity contribution in [3.8, 4) is 22.3 Å². The molecule has 3 rings (SSSR count). The lowest BCUT2D eigenvalue weighted by Gasteiger charge is -2.09. The van der Waals surface area contributed by atoms with Crippen LogP contribution in [0.4, 0.5) is 0 Å². The molecule has 0 spiro atoms. The van der Waals surface area contributed by atoms with Crippen LogP contribution in [0.25, 0.3) is 22.3 Å². The predicted molar refractivity (Wildman–Crippen MR) is 81.8 cm³/mol. The largest absolute Gasteiger partial charge is 0.0622 e. The van der Waals surface area contributed by atoms with E-state index in [2.05, 4.69) is 73.7 Å². The van der Waals surface area contributed by atoms with Crippen LogP contribution in [0.5, 0.6) is 0 Å². The van der Waals surface area contributed by atoms with E-state index in [0.29, 0.717) is 0 Å².